The van der Waals surface area contributed by atoms with Crippen molar-refractivity contribution in [3.05, 3.63) is 28.2 Å². The molecule has 0 atom stereocenters. The van der Waals surface area contributed by atoms with Gasteiger partial charge >= 0.3 is 6.18 Å². The van der Waals surface area contributed by atoms with Crippen LogP contribution in [0.1, 0.15) is 12.0 Å². The monoisotopic (exact) mass is 324 g/mol. The fourth-order valence-electron chi connectivity index (χ4n) is 1.67. The molecule has 102 valence electrons. The van der Waals surface area contributed by atoms with Crippen LogP contribution in [-0.2, 0) is 6.18 Å². The molecule has 0 saturated heterocycles. The third-order valence-corrected chi connectivity index (χ3v) is 3.09. The number of nitrogens with one attached hydrogen (secondary N) is 1. The zero-order valence-corrected chi connectivity index (χ0v) is 11.9. The molecule has 1 rings (SSSR count). The largest absolute Gasteiger partial charge is 0.418 e. The van der Waals surface area contributed by atoms with Crippen LogP contribution in [-0.4, -0.2) is 27.2 Å². The van der Waals surface area contributed by atoms with Gasteiger partial charge in [-0.15, -0.1) is 0 Å². The van der Waals surface area contributed by atoms with Crippen LogP contribution in [0.3, 0.4) is 0 Å². The first-order chi connectivity index (χ1) is 8.36. The van der Waals surface area contributed by atoms with Crippen LogP contribution in [0.15, 0.2) is 22.7 Å². The minimum Gasteiger partial charge on any atom is -0.374 e. The summed E-state index contributed by atoms with van der Waals surface area (Å²) in [6, 6.07) is 4.02. The number of nitrogens with zero attached hydrogens (tertiary/aromatic N) is 1. The van der Waals surface area contributed by atoms with Crippen LogP contribution < -0.4 is 10.2 Å². The normalized spacial score (nSPS) is 11.7. The Labute approximate surface area is 113 Å². The van der Waals surface area contributed by atoms with E-state index >= 15 is 0 Å². The van der Waals surface area contributed by atoms with Crippen molar-refractivity contribution < 1.29 is 13.2 Å². The van der Waals surface area contributed by atoms with E-state index < -0.39 is 11.7 Å². The Morgan fingerprint density at radius 3 is 2.56 bits per heavy atom. The van der Waals surface area contributed by atoms with Crippen LogP contribution in [0.2, 0.25) is 0 Å². The lowest BCUT2D eigenvalue weighted by atomic mass is 10.1. The zero-order chi connectivity index (χ0) is 13.8. The molecular formula is C12H16BrF3N2. The summed E-state index contributed by atoms with van der Waals surface area (Å²) in [5.41, 5.74) is -0.398. The molecular weight excluding hydrogens is 309 g/mol. The van der Waals surface area contributed by atoms with Crippen molar-refractivity contribution in [3.8, 4) is 0 Å². The van der Waals surface area contributed by atoms with E-state index in [2.05, 4.69) is 21.2 Å². The molecule has 0 radical (unpaired) electrons. The van der Waals surface area contributed by atoms with E-state index in [0.29, 0.717) is 11.0 Å². The number of benzene rings is 1. The van der Waals surface area contributed by atoms with Gasteiger partial charge < -0.3 is 10.2 Å². The first-order valence-electron chi connectivity index (χ1n) is 5.58. The predicted molar refractivity (Wildman–Crippen MR) is 71.0 cm³/mol. The molecule has 0 saturated carbocycles. The van der Waals surface area contributed by atoms with E-state index in [1.807, 2.05) is 7.05 Å². The molecule has 18 heavy (non-hydrogen) atoms. The molecule has 1 N–H and O–H groups in total. The highest BCUT2D eigenvalue weighted by molar-refractivity contribution is 9.10. The Hall–Kier alpha value is -0.750. The molecule has 0 aromatic heterocycles. The molecule has 0 spiro atoms. The second-order valence-electron chi connectivity index (χ2n) is 4.04. The highest BCUT2D eigenvalue weighted by atomic mass is 79.9. The van der Waals surface area contributed by atoms with Gasteiger partial charge in [-0.05, 0) is 38.2 Å². The summed E-state index contributed by atoms with van der Waals surface area (Å²) < 4.78 is 39.3. The number of halogens is 4. The maximum absolute atomic E-state index is 12.9. The van der Waals surface area contributed by atoms with Gasteiger partial charge in [-0.2, -0.15) is 13.2 Å². The molecule has 0 aliphatic rings. The highest BCUT2D eigenvalue weighted by Gasteiger charge is 2.34. The van der Waals surface area contributed by atoms with Gasteiger partial charge in [0.05, 0.1) is 5.56 Å². The zero-order valence-electron chi connectivity index (χ0n) is 10.3. The van der Waals surface area contributed by atoms with E-state index in [1.165, 1.54) is 12.1 Å². The van der Waals surface area contributed by atoms with Gasteiger partial charge in [0.1, 0.15) is 0 Å². The second-order valence-corrected chi connectivity index (χ2v) is 4.95. The third-order valence-electron chi connectivity index (χ3n) is 2.60. The standard InChI is InChI=1S/C12H16BrF3N2/c1-17-6-3-7-18(2)11-8-9(13)4-5-10(11)12(14,15)16/h4-5,8,17H,3,6-7H2,1-2H3. The lowest BCUT2D eigenvalue weighted by Crippen LogP contribution is -2.24. The molecule has 6 heteroatoms. The molecule has 0 aliphatic heterocycles. The third kappa shape index (κ3) is 4.17. The lowest BCUT2D eigenvalue weighted by molar-refractivity contribution is -0.137. The average molecular weight is 325 g/mol. The van der Waals surface area contributed by atoms with Gasteiger partial charge in [0.25, 0.3) is 0 Å². The van der Waals surface area contributed by atoms with Crippen LogP contribution >= 0.6 is 15.9 Å². The van der Waals surface area contributed by atoms with Crippen LogP contribution in [0.4, 0.5) is 18.9 Å². The summed E-state index contributed by atoms with van der Waals surface area (Å²) in [5.74, 6) is 0. The van der Waals surface area contributed by atoms with Gasteiger partial charge in [-0.25, -0.2) is 0 Å². The van der Waals surface area contributed by atoms with Gasteiger partial charge in [-0.3, -0.25) is 0 Å². The molecule has 0 fully saturated rings. The molecule has 1 aromatic rings. The summed E-state index contributed by atoms with van der Waals surface area (Å²) in [6.07, 6.45) is -3.54. The quantitative estimate of drug-likeness (QED) is 0.834. The summed E-state index contributed by atoms with van der Waals surface area (Å²) in [4.78, 5) is 1.63. The number of rotatable bonds is 5. The van der Waals surface area contributed by atoms with Gasteiger partial charge in [0, 0.05) is 23.8 Å². The maximum Gasteiger partial charge on any atom is 0.418 e. The first kappa shape index (κ1) is 15.3. The fourth-order valence-corrected chi connectivity index (χ4v) is 2.02. The summed E-state index contributed by atoms with van der Waals surface area (Å²) in [6.45, 7) is 1.35. The first-order valence-corrected chi connectivity index (χ1v) is 6.38. The summed E-state index contributed by atoms with van der Waals surface area (Å²) in [5, 5.41) is 2.97. The minimum absolute atomic E-state index is 0.202. The SMILES string of the molecule is CNCCCN(C)c1cc(Br)ccc1C(F)(F)F. The van der Waals surface area contributed by atoms with E-state index in [9.17, 15) is 13.2 Å². The van der Waals surface area contributed by atoms with Crippen LogP contribution in [0.5, 0.6) is 0 Å². The molecule has 0 unspecified atom stereocenters. The molecule has 0 amide bonds. The number of alkyl halides is 3. The van der Waals surface area contributed by atoms with Crippen molar-refractivity contribution in [3.63, 3.8) is 0 Å². The van der Waals surface area contributed by atoms with Gasteiger partial charge in [0.2, 0.25) is 0 Å². The van der Waals surface area contributed by atoms with E-state index in [0.717, 1.165) is 19.0 Å². The van der Waals surface area contributed by atoms with E-state index in [-0.39, 0.29) is 5.69 Å². The second kappa shape index (κ2) is 6.43. The van der Waals surface area contributed by atoms with E-state index in [4.69, 9.17) is 0 Å². The maximum atomic E-state index is 12.9. The smallest absolute Gasteiger partial charge is 0.374 e. The Kier molecular flexibility index (Phi) is 5.47. The van der Waals surface area contributed by atoms with E-state index in [1.54, 1.807) is 11.9 Å². The topological polar surface area (TPSA) is 15.3 Å². The van der Waals surface area contributed by atoms with Crippen molar-refractivity contribution in [2.24, 2.45) is 0 Å². The Bertz CT molecular complexity index is 393. The highest BCUT2D eigenvalue weighted by Crippen LogP contribution is 2.37. The van der Waals surface area contributed by atoms with Crippen LogP contribution in [0.25, 0.3) is 0 Å². The van der Waals surface area contributed by atoms with Crippen molar-refractivity contribution in [1.82, 2.24) is 5.32 Å². The predicted octanol–water partition coefficient (Wildman–Crippen LogP) is 3.51. The molecule has 2 nitrogen and oxygen atoms in total. The van der Waals surface area contributed by atoms with Gasteiger partial charge in [-0.1, -0.05) is 15.9 Å². The minimum atomic E-state index is -4.33. The molecule has 0 aliphatic carbocycles. The lowest BCUT2D eigenvalue weighted by Gasteiger charge is -2.23. The summed E-state index contributed by atoms with van der Waals surface area (Å²) >= 11 is 3.21. The number of anilines is 1. The number of hydrogen-bond donors (Lipinski definition) is 1. The van der Waals surface area contributed by atoms with Crippen molar-refractivity contribution >= 4 is 21.6 Å². The van der Waals surface area contributed by atoms with Crippen molar-refractivity contribution in [2.45, 2.75) is 12.6 Å². The average Bonchev–Trinajstić information content (AvgIpc) is 2.27. The molecule has 0 bridgehead atoms. The summed E-state index contributed by atoms with van der Waals surface area (Å²) in [7, 11) is 3.49. The molecule has 0 heterocycles. The van der Waals surface area contributed by atoms with Crippen LogP contribution in [0, 0.1) is 0 Å². The fraction of sp³-hybridized carbons (Fsp3) is 0.500. The Morgan fingerprint density at radius 1 is 1.33 bits per heavy atom. The van der Waals surface area contributed by atoms with Crippen molar-refractivity contribution in [2.75, 3.05) is 32.1 Å². The van der Waals surface area contributed by atoms with Gasteiger partial charge in [0.15, 0.2) is 0 Å². The van der Waals surface area contributed by atoms with Crippen molar-refractivity contribution in [1.29, 1.82) is 0 Å². The number of hydrogen-bond acceptors (Lipinski definition) is 2. The molecule has 1 aromatic carbocycles. The Morgan fingerprint density at radius 2 is 2.00 bits per heavy atom. The Balaban J connectivity index is 2.94.